The number of hydrogen-bond donors (Lipinski definition) is 2. The van der Waals surface area contributed by atoms with E-state index in [9.17, 15) is 9.59 Å². The molecule has 0 unspecified atom stereocenters. The topological polar surface area (TPSA) is 87.3 Å². The van der Waals surface area contributed by atoms with Crippen LogP contribution in [0.5, 0.6) is 0 Å². The van der Waals surface area contributed by atoms with E-state index < -0.39 is 12.1 Å². The van der Waals surface area contributed by atoms with Crippen LogP contribution in [0.1, 0.15) is 43.4 Å². The van der Waals surface area contributed by atoms with Gasteiger partial charge in [-0.05, 0) is 30.9 Å². The monoisotopic (exact) mass is 402 g/mol. The van der Waals surface area contributed by atoms with E-state index in [1.54, 1.807) is 11.3 Å². The molecule has 150 valence electrons. The highest BCUT2D eigenvalue weighted by Crippen LogP contribution is 2.34. The number of aromatic amines is 1. The third-order valence-electron chi connectivity index (χ3n) is 4.93. The van der Waals surface area contributed by atoms with E-state index in [0.717, 1.165) is 34.1 Å². The number of hydrogen-bond acceptors (Lipinski definition) is 5. The van der Waals surface area contributed by atoms with Crippen LogP contribution in [0.3, 0.4) is 0 Å². The average molecular weight is 403 g/mol. The summed E-state index contributed by atoms with van der Waals surface area (Å²) < 4.78 is 4.67. The first-order valence-electron chi connectivity index (χ1n) is 9.37. The number of imidazole rings is 1. The van der Waals surface area contributed by atoms with Gasteiger partial charge in [-0.2, -0.15) is 0 Å². The smallest absolute Gasteiger partial charge is 0.407 e. The zero-order valence-corrected chi connectivity index (χ0v) is 17.2. The lowest BCUT2D eigenvalue weighted by Crippen LogP contribution is -2.51. The number of carbonyl (C=O) groups is 2. The molecule has 2 aromatic rings. The predicted octanol–water partition coefficient (Wildman–Crippen LogP) is 3.83. The average Bonchev–Trinajstić information content (AvgIpc) is 3.43. The molecular formula is C20H26N4O3S. The summed E-state index contributed by atoms with van der Waals surface area (Å²) in [5, 5.41) is 2.66. The fraction of sp³-hybridized carbons (Fsp3) is 0.450. The van der Waals surface area contributed by atoms with E-state index in [1.165, 1.54) is 7.11 Å². The van der Waals surface area contributed by atoms with Gasteiger partial charge in [-0.3, -0.25) is 4.79 Å². The van der Waals surface area contributed by atoms with Crippen LogP contribution in [0.4, 0.5) is 4.79 Å². The lowest BCUT2D eigenvalue weighted by Gasteiger charge is -2.30. The molecule has 1 aliphatic rings. The minimum atomic E-state index is -0.630. The van der Waals surface area contributed by atoms with Crippen LogP contribution in [-0.4, -0.2) is 46.6 Å². The van der Waals surface area contributed by atoms with E-state index in [2.05, 4.69) is 26.6 Å². The van der Waals surface area contributed by atoms with E-state index in [0.29, 0.717) is 6.54 Å². The summed E-state index contributed by atoms with van der Waals surface area (Å²) in [5.41, 5.74) is 0.931. The summed E-state index contributed by atoms with van der Waals surface area (Å²) in [7, 11) is 1.29. The Balaban J connectivity index is 1.79. The summed E-state index contributed by atoms with van der Waals surface area (Å²) >= 11 is 1.64. The summed E-state index contributed by atoms with van der Waals surface area (Å²) in [6.45, 7) is 8.25. The van der Waals surface area contributed by atoms with Crippen LogP contribution in [0.25, 0.3) is 16.6 Å². The fourth-order valence-corrected chi connectivity index (χ4v) is 4.25. The van der Waals surface area contributed by atoms with Gasteiger partial charge in [-0.15, -0.1) is 11.3 Å². The molecule has 0 bridgehead atoms. The van der Waals surface area contributed by atoms with Crippen LogP contribution in [0.15, 0.2) is 24.9 Å². The van der Waals surface area contributed by atoms with Crippen molar-refractivity contribution >= 4 is 29.4 Å². The van der Waals surface area contributed by atoms with Gasteiger partial charge < -0.3 is 19.9 Å². The molecule has 2 aromatic heterocycles. The molecule has 0 aromatic carbocycles. The van der Waals surface area contributed by atoms with Crippen LogP contribution in [0.2, 0.25) is 0 Å². The van der Waals surface area contributed by atoms with Gasteiger partial charge in [0.1, 0.15) is 11.9 Å². The molecule has 0 spiro atoms. The van der Waals surface area contributed by atoms with E-state index in [4.69, 9.17) is 0 Å². The van der Waals surface area contributed by atoms with Gasteiger partial charge in [0.2, 0.25) is 5.91 Å². The fourth-order valence-electron chi connectivity index (χ4n) is 3.43. The van der Waals surface area contributed by atoms with Crippen molar-refractivity contribution in [3.05, 3.63) is 35.6 Å². The number of ether oxygens (including phenoxy) is 1. The first-order valence-corrected chi connectivity index (χ1v) is 10.2. The Bertz CT molecular complexity index is 857. The highest BCUT2D eigenvalue weighted by molar-refractivity contribution is 7.16. The SMILES string of the molecule is C=Cc1ccc(-c2cnc([C@@H]3CCCN3C(=O)[C@@H](NC(=O)OC)C(C)C)[nH]2)s1. The zero-order valence-electron chi connectivity index (χ0n) is 16.4. The quantitative estimate of drug-likeness (QED) is 0.769. The molecule has 2 N–H and O–H groups in total. The Hall–Kier alpha value is -2.61. The summed E-state index contributed by atoms with van der Waals surface area (Å²) in [6.07, 6.45) is 4.77. The number of alkyl carbamates (subject to hydrolysis) is 1. The second kappa shape index (κ2) is 8.60. The minimum absolute atomic E-state index is 0.0524. The number of amides is 2. The van der Waals surface area contributed by atoms with Crippen molar-refractivity contribution in [3.63, 3.8) is 0 Å². The molecule has 3 rings (SSSR count). The number of methoxy groups -OCH3 is 1. The van der Waals surface area contributed by atoms with Gasteiger partial charge in [0.15, 0.2) is 0 Å². The molecule has 0 radical (unpaired) electrons. The first-order chi connectivity index (χ1) is 13.4. The molecule has 7 nitrogen and oxygen atoms in total. The van der Waals surface area contributed by atoms with Gasteiger partial charge in [0.25, 0.3) is 0 Å². The maximum absolute atomic E-state index is 13.1. The molecule has 2 amide bonds. The molecule has 3 heterocycles. The third-order valence-corrected chi connectivity index (χ3v) is 6.05. The highest BCUT2D eigenvalue weighted by atomic mass is 32.1. The van der Waals surface area contributed by atoms with Crippen molar-refractivity contribution in [1.29, 1.82) is 0 Å². The van der Waals surface area contributed by atoms with Crippen LogP contribution in [-0.2, 0) is 9.53 Å². The number of likely N-dealkylation sites (tertiary alicyclic amines) is 1. The van der Waals surface area contributed by atoms with Crippen LogP contribution < -0.4 is 5.32 Å². The van der Waals surface area contributed by atoms with Gasteiger partial charge in [-0.1, -0.05) is 26.5 Å². The van der Waals surface area contributed by atoms with Crippen molar-refractivity contribution in [2.45, 2.75) is 38.8 Å². The van der Waals surface area contributed by atoms with Gasteiger partial charge in [-0.25, -0.2) is 9.78 Å². The lowest BCUT2D eigenvalue weighted by atomic mass is 10.0. The Labute approximate surface area is 168 Å². The van der Waals surface area contributed by atoms with Crippen LogP contribution in [0, 0.1) is 5.92 Å². The van der Waals surface area contributed by atoms with E-state index >= 15 is 0 Å². The largest absolute Gasteiger partial charge is 0.453 e. The zero-order chi connectivity index (χ0) is 20.3. The van der Waals surface area contributed by atoms with E-state index in [1.807, 2.05) is 43.2 Å². The van der Waals surface area contributed by atoms with Gasteiger partial charge in [0, 0.05) is 11.4 Å². The number of thiophene rings is 1. The Morgan fingerprint density at radius 3 is 2.89 bits per heavy atom. The van der Waals surface area contributed by atoms with E-state index in [-0.39, 0.29) is 17.9 Å². The molecule has 28 heavy (non-hydrogen) atoms. The normalized spacial score (nSPS) is 17.6. The second-order valence-electron chi connectivity index (χ2n) is 7.14. The maximum Gasteiger partial charge on any atom is 0.407 e. The molecule has 1 aliphatic heterocycles. The summed E-state index contributed by atoms with van der Waals surface area (Å²) in [5.74, 6) is 0.615. The Kier molecular flexibility index (Phi) is 6.18. The van der Waals surface area contributed by atoms with Crippen molar-refractivity contribution in [2.24, 2.45) is 5.92 Å². The molecule has 1 fully saturated rings. The van der Waals surface area contributed by atoms with Crippen LogP contribution >= 0.6 is 11.3 Å². The minimum Gasteiger partial charge on any atom is -0.453 e. The number of nitrogens with one attached hydrogen (secondary N) is 2. The first kappa shape index (κ1) is 20.1. The molecular weight excluding hydrogens is 376 g/mol. The van der Waals surface area contributed by atoms with Crippen molar-refractivity contribution < 1.29 is 14.3 Å². The third kappa shape index (κ3) is 4.11. The number of H-pyrrole nitrogens is 1. The van der Waals surface area contributed by atoms with Gasteiger partial charge in [0.05, 0.1) is 29.9 Å². The predicted molar refractivity (Wildman–Crippen MR) is 110 cm³/mol. The van der Waals surface area contributed by atoms with Crippen molar-refractivity contribution in [3.8, 4) is 10.6 Å². The Morgan fingerprint density at radius 1 is 1.46 bits per heavy atom. The molecule has 0 aliphatic carbocycles. The summed E-state index contributed by atoms with van der Waals surface area (Å²) in [4.78, 5) is 36.7. The standard InChI is InChI=1S/C20H26N4O3S/c1-5-13-8-9-16(28-13)14-11-21-18(22-14)15-7-6-10-24(15)19(25)17(12(2)3)23-20(26)27-4/h5,8-9,11-12,15,17H,1,6-7,10H2,2-4H3,(H,21,22)(H,23,26)/t15-,17-/m0/s1. The Morgan fingerprint density at radius 2 is 2.25 bits per heavy atom. The number of nitrogens with zero attached hydrogens (tertiary/aromatic N) is 2. The highest BCUT2D eigenvalue weighted by Gasteiger charge is 2.37. The maximum atomic E-state index is 13.1. The molecule has 0 saturated carbocycles. The van der Waals surface area contributed by atoms with Gasteiger partial charge >= 0.3 is 6.09 Å². The molecule has 2 atom stereocenters. The van der Waals surface area contributed by atoms with Crippen molar-refractivity contribution in [2.75, 3.05) is 13.7 Å². The lowest BCUT2D eigenvalue weighted by molar-refractivity contribution is -0.135. The number of aromatic nitrogens is 2. The molecule has 1 saturated heterocycles. The number of rotatable bonds is 6. The van der Waals surface area contributed by atoms with Crippen molar-refractivity contribution in [1.82, 2.24) is 20.2 Å². The summed E-state index contributed by atoms with van der Waals surface area (Å²) in [6, 6.07) is 3.30. The number of carbonyl (C=O) groups excluding carboxylic acids is 2. The second-order valence-corrected chi connectivity index (χ2v) is 8.25. The molecule has 8 heteroatoms.